The maximum Gasteiger partial charge on any atom is 0.161 e. The van der Waals surface area contributed by atoms with Crippen molar-refractivity contribution in [3.63, 3.8) is 0 Å². The summed E-state index contributed by atoms with van der Waals surface area (Å²) in [4.78, 5) is 0. The van der Waals surface area contributed by atoms with E-state index in [0.717, 1.165) is 5.56 Å². The highest BCUT2D eigenvalue weighted by atomic mass is 79.9. The summed E-state index contributed by atoms with van der Waals surface area (Å²) in [5.74, 6) is 0.756. The standard InChI is InChI=1S/C16H13BrFNO2/c1-20-16-6-11(8-17)2-5-15(16)21-10-13-7-14(18)4-3-12(13)9-19/h2-7H,8,10H2,1H3. The number of hydrogen-bond donors (Lipinski definition) is 0. The van der Waals surface area contributed by atoms with Gasteiger partial charge in [-0.2, -0.15) is 5.26 Å². The molecule has 0 unspecified atom stereocenters. The van der Waals surface area contributed by atoms with Gasteiger partial charge in [-0.15, -0.1) is 0 Å². The number of benzene rings is 2. The lowest BCUT2D eigenvalue weighted by Crippen LogP contribution is -2.01. The largest absolute Gasteiger partial charge is 0.493 e. The van der Waals surface area contributed by atoms with E-state index >= 15 is 0 Å². The normalized spacial score (nSPS) is 10.0. The molecule has 0 radical (unpaired) electrons. The molecule has 108 valence electrons. The number of nitrogens with zero attached hydrogens (tertiary/aromatic N) is 1. The molecule has 2 rings (SSSR count). The van der Waals surface area contributed by atoms with Gasteiger partial charge in [-0.3, -0.25) is 0 Å². The second-order valence-corrected chi connectivity index (χ2v) is 4.88. The molecule has 0 saturated carbocycles. The molecule has 0 saturated heterocycles. The molecular weight excluding hydrogens is 337 g/mol. The van der Waals surface area contributed by atoms with Gasteiger partial charge in [0.25, 0.3) is 0 Å². The fourth-order valence-corrected chi connectivity index (χ4v) is 2.21. The van der Waals surface area contributed by atoms with E-state index in [1.807, 2.05) is 18.2 Å². The van der Waals surface area contributed by atoms with E-state index in [-0.39, 0.29) is 6.61 Å². The van der Waals surface area contributed by atoms with Crippen LogP contribution in [0.3, 0.4) is 0 Å². The lowest BCUT2D eigenvalue weighted by molar-refractivity contribution is 0.283. The molecule has 2 aromatic carbocycles. The van der Waals surface area contributed by atoms with E-state index in [9.17, 15) is 4.39 Å². The van der Waals surface area contributed by atoms with Crippen LogP contribution in [0.4, 0.5) is 4.39 Å². The molecule has 0 aliphatic carbocycles. The van der Waals surface area contributed by atoms with Crippen molar-refractivity contribution >= 4 is 15.9 Å². The van der Waals surface area contributed by atoms with Crippen molar-refractivity contribution in [1.29, 1.82) is 5.26 Å². The number of ether oxygens (including phenoxy) is 2. The number of alkyl halides is 1. The van der Waals surface area contributed by atoms with Crippen LogP contribution in [0.15, 0.2) is 36.4 Å². The number of nitriles is 1. The fourth-order valence-electron chi connectivity index (χ4n) is 1.86. The van der Waals surface area contributed by atoms with Crippen molar-refractivity contribution in [3.05, 3.63) is 58.9 Å². The number of methoxy groups -OCH3 is 1. The van der Waals surface area contributed by atoms with Gasteiger partial charge in [-0.25, -0.2) is 4.39 Å². The van der Waals surface area contributed by atoms with Crippen LogP contribution < -0.4 is 9.47 Å². The minimum atomic E-state index is -0.394. The first kappa shape index (κ1) is 15.3. The first-order valence-electron chi connectivity index (χ1n) is 6.22. The Bertz CT molecular complexity index is 682. The van der Waals surface area contributed by atoms with Crippen LogP contribution in [0, 0.1) is 17.1 Å². The van der Waals surface area contributed by atoms with Gasteiger partial charge in [0.05, 0.1) is 18.7 Å². The Labute approximate surface area is 131 Å². The van der Waals surface area contributed by atoms with Crippen LogP contribution in [0.2, 0.25) is 0 Å². The molecule has 0 fully saturated rings. The van der Waals surface area contributed by atoms with Gasteiger partial charge in [0.1, 0.15) is 12.4 Å². The second kappa shape index (κ2) is 7.09. The fraction of sp³-hybridized carbons (Fsp3) is 0.188. The molecule has 21 heavy (non-hydrogen) atoms. The van der Waals surface area contributed by atoms with Crippen molar-refractivity contribution < 1.29 is 13.9 Å². The molecule has 0 bridgehead atoms. The topological polar surface area (TPSA) is 42.2 Å². The van der Waals surface area contributed by atoms with Gasteiger partial charge in [0.15, 0.2) is 11.5 Å². The lowest BCUT2D eigenvalue weighted by atomic mass is 10.1. The molecule has 0 N–H and O–H groups in total. The molecule has 0 spiro atoms. The van der Waals surface area contributed by atoms with E-state index in [2.05, 4.69) is 15.9 Å². The van der Waals surface area contributed by atoms with Gasteiger partial charge in [-0.05, 0) is 35.9 Å². The molecule has 0 atom stereocenters. The molecule has 0 amide bonds. The lowest BCUT2D eigenvalue weighted by Gasteiger charge is -2.12. The highest BCUT2D eigenvalue weighted by Gasteiger charge is 2.09. The van der Waals surface area contributed by atoms with Crippen LogP contribution in [0.5, 0.6) is 11.5 Å². The molecule has 0 heterocycles. The first-order valence-corrected chi connectivity index (χ1v) is 7.34. The average Bonchev–Trinajstić information content (AvgIpc) is 2.52. The summed E-state index contributed by atoms with van der Waals surface area (Å²) in [5.41, 5.74) is 1.96. The van der Waals surface area contributed by atoms with Crippen LogP contribution in [-0.2, 0) is 11.9 Å². The highest BCUT2D eigenvalue weighted by Crippen LogP contribution is 2.29. The zero-order valence-electron chi connectivity index (χ0n) is 11.4. The van der Waals surface area contributed by atoms with Crippen LogP contribution in [0.1, 0.15) is 16.7 Å². The summed E-state index contributed by atoms with van der Waals surface area (Å²) in [7, 11) is 1.56. The monoisotopic (exact) mass is 349 g/mol. The molecule has 0 aromatic heterocycles. The summed E-state index contributed by atoms with van der Waals surface area (Å²) >= 11 is 3.37. The third kappa shape index (κ3) is 3.73. The minimum absolute atomic E-state index is 0.102. The van der Waals surface area contributed by atoms with Crippen molar-refractivity contribution in [2.24, 2.45) is 0 Å². The smallest absolute Gasteiger partial charge is 0.161 e. The zero-order valence-corrected chi connectivity index (χ0v) is 13.0. The maximum atomic E-state index is 13.3. The Hall–Kier alpha value is -2.06. The van der Waals surface area contributed by atoms with Gasteiger partial charge in [-0.1, -0.05) is 22.0 Å². The van der Waals surface area contributed by atoms with Crippen LogP contribution in [-0.4, -0.2) is 7.11 Å². The SMILES string of the molecule is COc1cc(CBr)ccc1OCc1cc(F)ccc1C#N. The quantitative estimate of drug-likeness (QED) is 0.760. The van der Waals surface area contributed by atoms with Crippen molar-refractivity contribution in [2.45, 2.75) is 11.9 Å². The van der Waals surface area contributed by atoms with Gasteiger partial charge < -0.3 is 9.47 Å². The minimum Gasteiger partial charge on any atom is -0.493 e. The van der Waals surface area contributed by atoms with E-state index in [0.29, 0.717) is 28.0 Å². The van der Waals surface area contributed by atoms with Crippen molar-refractivity contribution in [2.75, 3.05) is 7.11 Å². The molecule has 0 aliphatic heterocycles. The average molecular weight is 350 g/mol. The van der Waals surface area contributed by atoms with E-state index < -0.39 is 5.82 Å². The Morgan fingerprint density at radius 3 is 2.67 bits per heavy atom. The van der Waals surface area contributed by atoms with Crippen LogP contribution in [0.25, 0.3) is 0 Å². The highest BCUT2D eigenvalue weighted by molar-refractivity contribution is 9.08. The Kier molecular flexibility index (Phi) is 5.18. The summed E-state index contributed by atoms with van der Waals surface area (Å²) in [6.45, 7) is 0.102. The van der Waals surface area contributed by atoms with Gasteiger partial charge in [0.2, 0.25) is 0 Å². The third-order valence-electron chi connectivity index (χ3n) is 2.95. The van der Waals surface area contributed by atoms with Crippen molar-refractivity contribution in [3.8, 4) is 17.6 Å². The summed E-state index contributed by atoms with van der Waals surface area (Å²) < 4.78 is 24.2. The summed E-state index contributed by atoms with van der Waals surface area (Å²) in [6.07, 6.45) is 0. The first-order chi connectivity index (χ1) is 10.2. The molecule has 3 nitrogen and oxygen atoms in total. The van der Waals surface area contributed by atoms with E-state index in [1.54, 1.807) is 13.2 Å². The Balaban J connectivity index is 2.20. The number of hydrogen-bond acceptors (Lipinski definition) is 3. The van der Waals surface area contributed by atoms with Crippen molar-refractivity contribution in [1.82, 2.24) is 0 Å². The molecule has 5 heteroatoms. The molecule has 0 aliphatic rings. The van der Waals surface area contributed by atoms with Gasteiger partial charge in [0, 0.05) is 10.9 Å². The summed E-state index contributed by atoms with van der Waals surface area (Å²) in [6, 6.07) is 11.6. The molecule has 2 aromatic rings. The van der Waals surface area contributed by atoms with E-state index in [4.69, 9.17) is 14.7 Å². The number of rotatable bonds is 5. The Morgan fingerprint density at radius 1 is 1.19 bits per heavy atom. The predicted molar refractivity (Wildman–Crippen MR) is 81.1 cm³/mol. The Morgan fingerprint density at radius 2 is 2.00 bits per heavy atom. The maximum absolute atomic E-state index is 13.3. The van der Waals surface area contributed by atoms with E-state index in [1.165, 1.54) is 18.2 Å². The van der Waals surface area contributed by atoms with Gasteiger partial charge >= 0.3 is 0 Å². The molecular formula is C16H13BrFNO2. The number of halogens is 2. The second-order valence-electron chi connectivity index (χ2n) is 4.32. The third-order valence-corrected chi connectivity index (χ3v) is 3.60. The zero-order chi connectivity index (χ0) is 15.2. The predicted octanol–water partition coefficient (Wildman–Crippen LogP) is 4.18. The summed E-state index contributed by atoms with van der Waals surface area (Å²) in [5, 5.41) is 9.73. The van der Waals surface area contributed by atoms with Crippen LogP contribution >= 0.6 is 15.9 Å².